The van der Waals surface area contributed by atoms with Gasteiger partial charge in [0.15, 0.2) is 0 Å². The van der Waals surface area contributed by atoms with E-state index in [0.29, 0.717) is 5.54 Å². The normalized spacial score (nSPS) is 18.5. The molecule has 0 nitrogen and oxygen atoms in total. The van der Waals surface area contributed by atoms with Gasteiger partial charge in [0.25, 0.3) is 0 Å². The highest BCUT2D eigenvalue weighted by Crippen LogP contribution is 2.40. The van der Waals surface area contributed by atoms with E-state index in [1.54, 1.807) is 10.8 Å². The number of allylic oxidation sites excluding steroid dienone is 1. The first kappa shape index (κ1) is 17.2. The van der Waals surface area contributed by atoms with E-state index in [1.807, 2.05) is 0 Å². The molecule has 1 aliphatic carbocycles. The summed E-state index contributed by atoms with van der Waals surface area (Å²) in [5, 5.41) is 1.70. The Balaban J connectivity index is 2.15. The van der Waals surface area contributed by atoms with E-state index in [2.05, 4.69) is 82.8 Å². The number of rotatable bonds is 5. The summed E-state index contributed by atoms with van der Waals surface area (Å²) < 4.78 is 0. The standard InChI is InChI=1S/C23H30Si/c1-6-7-14-24(5,23-18(3)15-17(2)16-19(23)4)22-13-12-20-10-8-9-11-21(20)22/h8-13,15-16,22H,6-7,14H2,1-5H3. The average molecular weight is 335 g/mol. The number of benzene rings is 2. The van der Waals surface area contributed by atoms with Crippen molar-refractivity contribution in [2.45, 2.75) is 58.7 Å². The molecule has 0 amide bonds. The Kier molecular flexibility index (Phi) is 4.82. The molecule has 2 atom stereocenters. The molecule has 0 spiro atoms. The molecular formula is C23H30Si. The largest absolute Gasteiger partial charge is 0.0956 e. The first-order chi connectivity index (χ1) is 11.5. The van der Waals surface area contributed by atoms with E-state index in [9.17, 15) is 0 Å². The molecule has 0 aromatic heterocycles. The summed E-state index contributed by atoms with van der Waals surface area (Å²) >= 11 is 0. The Labute approximate surface area is 148 Å². The second-order valence-electron chi connectivity index (χ2n) is 7.76. The van der Waals surface area contributed by atoms with Crippen molar-refractivity contribution < 1.29 is 0 Å². The molecule has 2 aromatic carbocycles. The third-order valence-corrected chi connectivity index (χ3v) is 11.0. The quantitative estimate of drug-likeness (QED) is 0.584. The molecule has 0 heterocycles. The van der Waals surface area contributed by atoms with Crippen molar-refractivity contribution >= 4 is 19.3 Å². The van der Waals surface area contributed by atoms with Gasteiger partial charge in [-0.2, -0.15) is 0 Å². The molecule has 0 saturated heterocycles. The average Bonchev–Trinajstić information content (AvgIpc) is 2.96. The minimum absolute atomic E-state index is 0.611. The van der Waals surface area contributed by atoms with Crippen LogP contribution in [0.15, 0.2) is 42.5 Å². The van der Waals surface area contributed by atoms with Crippen molar-refractivity contribution in [3.8, 4) is 0 Å². The number of unbranched alkanes of at least 4 members (excludes halogenated alkanes) is 1. The van der Waals surface area contributed by atoms with E-state index < -0.39 is 8.07 Å². The zero-order valence-electron chi connectivity index (χ0n) is 15.8. The van der Waals surface area contributed by atoms with Crippen LogP contribution in [0.25, 0.3) is 6.08 Å². The van der Waals surface area contributed by atoms with Crippen molar-refractivity contribution in [1.29, 1.82) is 0 Å². The van der Waals surface area contributed by atoms with Crippen LogP contribution in [-0.2, 0) is 0 Å². The monoisotopic (exact) mass is 334 g/mol. The lowest BCUT2D eigenvalue weighted by Crippen LogP contribution is -2.52. The van der Waals surface area contributed by atoms with Gasteiger partial charge in [0, 0.05) is 5.54 Å². The Bertz CT molecular complexity index is 748. The van der Waals surface area contributed by atoms with Gasteiger partial charge in [0.2, 0.25) is 0 Å². The zero-order chi connectivity index (χ0) is 17.3. The Morgan fingerprint density at radius 1 is 1.00 bits per heavy atom. The first-order valence-corrected chi connectivity index (χ1v) is 12.1. The fourth-order valence-electron chi connectivity index (χ4n) is 4.87. The second-order valence-corrected chi connectivity index (χ2v) is 12.2. The molecule has 0 radical (unpaired) electrons. The van der Waals surface area contributed by atoms with Gasteiger partial charge in [-0.15, -0.1) is 0 Å². The molecule has 2 unspecified atom stereocenters. The van der Waals surface area contributed by atoms with Gasteiger partial charge in [-0.25, -0.2) is 0 Å². The third-order valence-electron chi connectivity index (χ3n) is 5.78. The van der Waals surface area contributed by atoms with Gasteiger partial charge in [-0.3, -0.25) is 0 Å². The summed E-state index contributed by atoms with van der Waals surface area (Å²) in [7, 11) is -1.66. The van der Waals surface area contributed by atoms with Crippen molar-refractivity contribution in [3.05, 3.63) is 70.3 Å². The van der Waals surface area contributed by atoms with Crippen LogP contribution in [0.4, 0.5) is 0 Å². The van der Waals surface area contributed by atoms with Crippen molar-refractivity contribution in [2.24, 2.45) is 0 Å². The minimum Gasteiger partial charge on any atom is -0.0787 e. The molecule has 24 heavy (non-hydrogen) atoms. The lowest BCUT2D eigenvalue weighted by Gasteiger charge is -2.37. The fourth-order valence-corrected chi connectivity index (χ4v) is 10.2. The van der Waals surface area contributed by atoms with Crippen LogP contribution in [0.2, 0.25) is 12.6 Å². The van der Waals surface area contributed by atoms with E-state index in [1.165, 1.54) is 41.1 Å². The lowest BCUT2D eigenvalue weighted by atomic mass is 10.1. The molecule has 2 aromatic rings. The predicted octanol–water partition coefficient (Wildman–Crippen LogP) is 6.05. The van der Waals surface area contributed by atoms with Crippen LogP contribution in [0.5, 0.6) is 0 Å². The summed E-state index contributed by atoms with van der Waals surface area (Å²) in [5.74, 6) is 0. The Morgan fingerprint density at radius 3 is 2.33 bits per heavy atom. The maximum Gasteiger partial charge on any atom is 0.0956 e. The number of hydrogen-bond acceptors (Lipinski definition) is 0. The molecule has 1 heteroatoms. The van der Waals surface area contributed by atoms with Crippen molar-refractivity contribution in [2.75, 3.05) is 0 Å². The van der Waals surface area contributed by atoms with Crippen LogP contribution >= 0.6 is 0 Å². The number of aryl methyl sites for hydroxylation is 3. The number of hydrogen-bond donors (Lipinski definition) is 0. The first-order valence-electron chi connectivity index (χ1n) is 9.33. The molecule has 0 bridgehead atoms. The minimum atomic E-state index is -1.66. The van der Waals surface area contributed by atoms with Crippen LogP contribution in [0.3, 0.4) is 0 Å². The zero-order valence-corrected chi connectivity index (χ0v) is 16.8. The maximum absolute atomic E-state index is 2.63. The predicted molar refractivity (Wildman–Crippen MR) is 110 cm³/mol. The smallest absolute Gasteiger partial charge is 0.0787 e. The molecule has 1 aliphatic rings. The molecule has 3 rings (SSSR count). The molecular weight excluding hydrogens is 304 g/mol. The van der Waals surface area contributed by atoms with Gasteiger partial charge < -0.3 is 0 Å². The van der Waals surface area contributed by atoms with Crippen LogP contribution in [0.1, 0.15) is 53.1 Å². The summed E-state index contributed by atoms with van der Waals surface area (Å²) in [6.07, 6.45) is 7.48. The van der Waals surface area contributed by atoms with Gasteiger partial charge in [0.05, 0.1) is 8.07 Å². The van der Waals surface area contributed by atoms with Crippen molar-refractivity contribution in [1.82, 2.24) is 0 Å². The van der Waals surface area contributed by atoms with E-state index in [4.69, 9.17) is 0 Å². The highest BCUT2D eigenvalue weighted by atomic mass is 28.3. The van der Waals surface area contributed by atoms with E-state index >= 15 is 0 Å². The highest BCUT2D eigenvalue weighted by Gasteiger charge is 2.41. The number of fused-ring (bicyclic) bond motifs is 1. The van der Waals surface area contributed by atoms with Gasteiger partial charge in [-0.05, 0) is 31.9 Å². The molecule has 0 aliphatic heterocycles. The van der Waals surface area contributed by atoms with E-state index in [-0.39, 0.29) is 0 Å². The van der Waals surface area contributed by atoms with Gasteiger partial charge in [-0.1, -0.05) is 103 Å². The summed E-state index contributed by atoms with van der Waals surface area (Å²) in [6, 6.07) is 15.2. The maximum atomic E-state index is 2.63. The third kappa shape index (κ3) is 2.91. The Morgan fingerprint density at radius 2 is 1.67 bits per heavy atom. The summed E-state index contributed by atoms with van der Waals surface area (Å²) in [6.45, 7) is 11.8. The second kappa shape index (κ2) is 6.72. The van der Waals surface area contributed by atoms with Gasteiger partial charge in [0.1, 0.15) is 0 Å². The van der Waals surface area contributed by atoms with E-state index in [0.717, 1.165) is 0 Å². The topological polar surface area (TPSA) is 0 Å². The molecule has 0 saturated carbocycles. The van der Waals surface area contributed by atoms with Crippen molar-refractivity contribution in [3.63, 3.8) is 0 Å². The highest BCUT2D eigenvalue weighted by molar-refractivity contribution is 6.93. The lowest BCUT2D eigenvalue weighted by molar-refractivity contribution is 0.859. The molecule has 0 N–H and O–H groups in total. The SMILES string of the molecule is CCCC[Si](C)(c1c(C)cc(C)cc1C)C1C=Cc2ccccc21. The molecule has 0 fully saturated rings. The summed E-state index contributed by atoms with van der Waals surface area (Å²) in [5.41, 5.74) is 8.01. The summed E-state index contributed by atoms with van der Waals surface area (Å²) in [4.78, 5) is 0. The van der Waals surface area contributed by atoms with Crippen LogP contribution in [0, 0.1) is 20.8 Å². The van der Waals surface area contributed by atoms with Crippen LogP contribution in [-0.4, -0.2) is 8.07 Å². The fraction of sp³-hybridized carbons (Fsp3) is 0.391. The Hall–Kier alpha value is -1.60. The van der Waals surface area contributed by atoms with Crippen LogP contribution < -0.4 is 5.19 Å². The molecule has 126 valence electrons. The van der Waals surface area contributed by atoms with Gasteiger partial charge >= 0.3 is 0 Å².